The summed E-state index contributed by atoms with van der Waals surface area (Å²) in [6.07, 6.45) is 5.51. The molecule has 1 aliphatic carbocycles. The quantitative estimate of drug-likeness (QED) is 0.719. The fraction of sp³-hybridized carbons (Fsp3) is 1.00. The summed E-state index contributed by atoms with van der Waals surface area (Å²) in [6.45, 7) is 8.47. The van der Waals surface area contributed by atoms with Gasteiger partial charge in [0.15, 0.2) is 0 Å². The Balaban J connectivity index is 1.66. The van der Waals surface area contributed by atoms with Gasteiger partial charge in [0.05, 0.1) is 0 Å². The highest BCUT2D eigenvalue weighted by molar-refractivity contribution is 4.87. The lowest BCUT2D eigenvalue weighted by molar-refractivity contribution is 0.358. The van der Waals surface area contributed by atoms with Crippen molar-refractivity contribution in [3.63, 3.8) is 0 Å². The zero-order chi connectivity index (χ0) is 10.0. The van der Waals surface area contributed by atoms with Crippen LogP contribution in [0.2, 0.25) is 0 Å². The highest BCUT2D eigenvalue weighted by Gasteiger charge is 2.30. The first-order valence-corrected chi connectivity index (χ1v) is 6.10. The summed E-state index contributed by atoms with van der Waals surface area (Å²) in [4.78, 5) is 0. The van der Waals surface area contributed by atoms with E-state index >= 15 is 0 Å². The zero-order valence-corrected chi connectivity index (χ0v) is 9.60. The lowest BCUT2D eigenvalue weighted by Crippen LogP contribution is -2.32. The standard InChI is InChI=1S/C12H24N2/c1-12(2)5-3-11(7-12)14-9-10-4-6-13-8-10/h10-11,13-14H,3-9H2,1-2H3/t10-,11?/m0/s1. The van der Waals surface area contributed by atoms with Crippen LogP contribution in [0.5, 0.6) is 0 Å². The highest BCUT2D eigenvalue weighted by atomic mass is 15.0. The van der Waals surface area contributed by atoms with Gasteiger partial charge in [-0.2, -0.15) is 0 Å². The summed E-state index contributed by atoms with van der Waals surface area (Å²) < 4.78 is 0. The van der Waals surface area contributed by atoms with Crippen LogP contribution >= 0.6 is 0 Å². The van der Waals surface area contributed by atoms with Crippen molar-refractivity contribution in [2.45, 2.75) is 45.6 Å². The minimum atomic E-state index is 0.589. The molecular weight excluding hydrogens is 172 g/mol. The lowest BCUT2D eigenvalue weighted by atomic mass is 9.92. The SMILES string of the molecule is CC1(C)CCC(NC[C@H]2CCNC2)C1. The maximum Gasteiger partial charge on any atom is 0.00724 e. The van der Waals surface area contributed by atoms with E-state index in [4.69, 9.17) is 0 Å². The van der Waals surface area contributed by atoms with E-state index in [0.29, 0.717) is 5.41 Å². The molecular formula is C12H24N2. The molecule has 1 heterocycles. The highest BCUT2D eigenvalue weighted by Crippen LogP contribution is 2.36. The summed E-state index contributed by atoms with van der Waals surface area (Å²) >= 11 is 0. The monoisotopic (exact) mass is 196 g/mol. The summed E-state index contributed by atoms with van der Waals surface area (Å²) in [5.74, 6) is 0.888. The van der Waals surface area contributed by atoms with Gasteiger partial charge in [-0.05, 0) is 56.7 Å². The van der Waals surface area contributed by atoms with Gasteiger partial charge in [0.1, 0.15) is 0 Å². The van der Waals surface area contributed by atoms with Crippen molar-refractivity contribution in [2.75, 3.05) is 19.6 Å². The molecule has 2 fully saturated rings. The second-order valence-corrected chi connectivity index (χ2v) is 5.87. The molecule has 1 saturated heterocycles. The van der Waals surface area contributed by atoms with E-state index in [1.807, 2.05) is 0 Å². The van der Waals surface area contributed by atoms with Crippen molar-refractivity contribution < 1.29 is 0 Å². The van der Waals surface area contributed by atoms with Crippen molar-refractivity contribution in [2.24, 2.45) is 11.3 Å². The van der Waals surface area contributed by atoms with Gasteiger partial charge in [-0.1, -0.05) is 13.8 Å². The number of hydrogen-bond acceptors (Lipinski definition) is 2. The lowest BCUT2D eigenvalue weighted by Gasteiger charge is -2.19. The fourth-order valence-corrected chi connectivity index (χ4v) is 2.83. The normalized spacial score (nSPS) is 36.4. The van der Waals surface area contributed by atoms with Crippen LogP contribution in [0, 0.1) is 11.3 Å². The summed E-state index contributed by atoms with van der Waals surface area (Å²) in [6, 6.07) is 0.797. The summed E-state index contributed by atoms with van der Waals surface area (Å²) in [5.41, 5.74) is 0.589. The van der Waals surface area contributed by atoms with Crippen molar-refractivity contribution in [1.82, 2.24) is 10.6 Å². The van der Waals surface area contributed by atoms with Crippen LogP contribution in [0.4, 0.5) is 0 Å². The fourth-order valence-electron chi connectivity index (χ4n) is 2.83. The molecule has 2 nitrogen and oxygen atoms in total. The van der Waals surface area contributed by atoms with E-state index in [-0.39, 0.29) is 0 Å². The first kappa shape index (κ1) is 10.4. The molecule has 0 aromatic heterocycles. The average Bonchev–Trinajstić information content (AvgIpc) is 2.70. The minimum Gasteiger partial charge on any atom is -0.316 e. The minimum absolute atomic E-state index is 0.589. The van der Waals surface area contributed by atoms with Gasteiger partial charge in [-0.15, -0.1) is 0 Å². The van der Waals surface area contributed by atoms with E-state index < -0.39 is 0 Å². The zero-order valence-electron chi connectivity index (χ0n) is 9.60. The molecule has 0 amide bonds. The van der Waals surface area contributed by atoms with Gasteiger partial charge in [0, 0.05) is 6.04 Å². The Labute approximate surface area is 87.8 Å². The molecule has 0 spiro atoms. The molecule has 0 aromatic rings. The predicted molar refractivity (Wildman–Crippen MR) is 60.4 cm³/mol. The molecule has 1 aliphatic heterocycles. The summed E-state index contributed by atoms with van der Waals surface area (Å²) in [5, 5.41) is 7.16. The molecule has 1 saturated carbocycles. The molecule has 1 unspecified atom stereocenters. The molecule has 0 bridgehead atoms. The molecule has 0 aromatic carbocycles. The second kappa shape index (κ2) is 4.19. The van der Waals surface area contributed by atoms with Crippen molar-refractivity contribution in [3.8, 4) is 0 Å². The Bertz CT molecular complexity index is 183. The van der Waals surface area contributed by atoms with Crippen LogP contribution in [0.15, 0.2) is 0 Å². The van der Waals surface area contributed by atoms with Crippen LogP contribution in [-0.4, -0.2) is 25.7 Å². The first-order chi connectivity index (χ1) is 6.66. The van der Waals surface area contributed by atoms with Gasteiger partial charge in [-0.25, -0.2) is 0 Å². The largest absolute Gasteiger partial charge is 0.316 e. The summed E-state index contributed by atoms with van der Waals surface area (Å²) in [7, 11) is 0. The maximum atomic E-state index is 3.74. The van der Waals surface area contributed by atoms with Gasteiger partial charge in [0.2, 0.25) is 0 Å². The van der Waals surface area contributed by atoms with E-state index in [1.165, 1.54) is 45.3 Å². The van der Waals surface area contributed by atoms with Crippen LogP contribution < -0.4 is 10.6 Å². The third kappa shape index (κ3) is 2.71. The molecule has 2 aliphatic rings. The predicted octanol–water partition coefficient (Wildman–Crippen LogP) is 1.76. The molecule has 2 rings (SSSR count). The third-order valence-corrected chi connectivity index (χ3v) is 3.83. The molecule has 82 valence electrons. The topological polar surface area (TPSA) is 24.1 Å². The smallest absolute Gasteiger partial charge is 0.00724 e. The molecule has 14 heavy (non-hydrogen) atoms. The van der Waals surface area contributed by atoms with Crippen LogP contribution in [0.1, 0.15) is 39.5 Å². The van der Waals surface area contributed by atoms with Crippen molar-refractivity contribution in [3.05, 3.63) is 0 Å². The maximum absolute atomic E-state index is 3.74. The van der Waals surface area contributed by atoms with Crippen LogP contribution in [0.3, 0.4) is 0 Å². The van der Waals surface area contributed by atoms with E-state index in [2.05, 4.69) is 24.5 Å². The van der Waals surface area contributed by atoms with E-state index in [1.54, 1.807) is 0 Å². The number of nitrogens with one attached hydrogen (secondary N) is 2. The van der Waals surface area contributed by atoms with Crippen molar-refractivity contribution >= 4 is 0 Å². The van der Waals surface area contributed by atoms with Crippen LogP contribution in [0.25, 0.3) is 0 Å². The number of hydrogen-bond donors (Lipinski definition) is 2. The first-order valence-electron chi connectivity index (χ1n) is 6.10. The van der Waals surface area contributed by atoms with E-state index in [9.17, 15) is 0 Å². The van der Waals surface area contributed by atoms with Gasteiger partial charge < -0.3 is 10.6 Å². The Morgan fingerprint density at radius 2 is 2.21 bits per heavy atom. The Kier molecular flexibility index (Phi) is 3.13. The Morgan fingerprint density at radius 1 is 1.36 bits per heavy atom. The average molecular weight is 196 g/mol. The molecule has 2 heteroatoms. The molecule has 2 atom stereocenters. The van der Waals surface area contributed by atoms with Crippen molar-refractivity contribution in [1.29, 1.82) is 0 Å². The van der Waals surface area contributed by atoms with E-state index in [0.717, 1.165) is 12.0 Å². The second-order valence-electron chi connectivity index (χ2n) is 5.87. The number of rotatable bonds is 3. The van der Waals surface area contributed by atoms with Crippen LogP contribution in [-0.2, 0) is 0 Å². The Hall–Kier alpha value is -0.0800. The molecule has 0 radical (unpaired) electrons. The third-order valence-electron chi connectivity index (χ3n) is 3.83. The van der Waals surface area contributed by atoms with Gasteiger partial charge in [-0.3, -0.25) is 0 Å². The van der Waals surface area contributed by atoms with Gasteiger partial charge >= 0.3 is 0 Å². The molecule has 2 N–H and O–H groups in total. The Morgan fingerprint density at radius 3 is 2.79 bits per heavy atom. The van der Waals surface area contributed by atoms with Gasteiger partial charge in [0.25, 0.3) is 0 Å².